The van der Waals surface area contributed by atoms with E-state index >= 15 is 0 Å². The fraction of sp³-hybridized carbons (Fsp3) is 0.333. The third kappa shape index (κ3) is 5.85. The summed E-state index contributed by atoms with van der Waals surface area (Å²) in [7, 11) is 0. The number of anilines is 1. The molecule has 2 rings (SSSR count). The molecule has 1 atom stereocenters. The predicted molar refractivity (Wildman–Crippen MR) is 116 cm³/mol. The lowest BCUT2D eigenvalue weighted by atomic mass is 9.96. The normalized spacial score (nSPS) is 11.8. The zero-order valence-corrected chi connectivity index (χ0v) is 17.3. The average molecular weight is 400 g/mol. The van der Waals surface area contributed by atoms with Gasteiger partial charge in [-0.1, -0.05) is 44.2 Å². The Hall–Kier alpha value is -2.80. The maximum atomic E-state index is 12.5. The molecule has 0 radical (unpaired) electrons. The number of nitro groups is 1. The summed E-state index contributed by atoms with van der Waals surface area (Å²) < 4.78 is 0. The second-order valence-corrected chi connectivity index (χ2v) is 7.67. The van der Waals surface area contributed by atoms with Gasteiger partial charge in [-0.25, -0.2) is 0 Å². The minimum Gasteiger partial charge on any atom is -0.332 e. The van der Waals surface area contributed by atoms with E-state index in [9.17, 15) is 14.9 Å². The van der Waals surface area contributed by atoms with Gasteiger partial charge in [0.05, 0.1) is 10.8 Å². The van der Waals surface area contributed by atoms with Gasteiger partial charge >= 0.3 is 0 Å². The monoisotopic (exact) mass is 399 g/mol. The van der Waals surface area contributed by atoms with E-state index in [0.717, 1.165) is 17.5 Å². The molecule has 148 valence electrons. The van der Waals surface area contributed by atoms with Gasteiger partial charge in [-0.15, -0.1) is 0 Å². The Morgan fingerprint density at radius 1 is 1.14 bits per heavy atom. The minimum absolute atomic E-state index is 0.0444. The van der Waals surface area contributed by atoms with Crippen molar-refractivity contribution >= 4 is 34.6 Å². The number of nitrogens with zero attached hydrogens (tertiary/aromatic N) is 1. The maximum absolute atomic E-state index is 12.5. The number of non-ortho nitro benzene ring substituents is 1. The molecule has 0 aliphatic carbocycles. The van der Waals surface area contributed by atoms with E-state index in [2.05, 4.69) is 24.5 Å². The van der Waals surface area contributed by atoms with Crippen LogP contribution in [0.5, 0.6) is 0 Å². The molecule has 0 bridgehead atoms. The number of aryl methyl sites for hydroxylation is 1. The number of rotatable bonds is 6. The van der Waals surface area contributed by atoms with E-state index in [0.29, 0.717) is 11.6 Å². The summed E-state index contributed by atoms with van der Waals surface area (Å²) in [5, 5.41) is 16.6. The van der Waals surface area contributed by atoms with Crippen molar-refractivity contribution in [2.45, 2.75) is 40.0 Å². The Balaban J connectivity index is 2.01. The van der Waals surface area contributed by atoms with Crippen molar-refractivity contribution in [3.63, 3.8) is 0 Å². The molecule has 0 aliphatic rings. The van der Waals surface area contributed by atoms with Crippen molar-refractivity contribution in [3.05, 3.63) is 69.3 Å². The molecule has 0 spiro atoms. The SMILES string of the molecule is Cc1ccc([N+](=O)[O-])cc1NC(=S)NC(=O)C(C)c1ccc(CC(C)C)cc1. The van der Waals surface area contributed by atoms with E-state index in [1.165, 1.54) is 17.7 Å². The summed E-state index contributed by atoms with van der Waals surface area (Å²) in [6, 6.07) is 12.5. The van der Waals surface area contributed by atoms with Gasteiger partial charge in [0.15, 0.2) is 5.11 Å². The summed E-state index contributed by atoms with van der Waals surface area (Å²) in [5.41, 5.74) is 3.38. The van der Waals surface area contributed by atoms with Crippen LogP contribution in [0.2, 0.25) is 0 Å². The number of thiocarbonyl (C=S) groups is 1. The van der Waals surface area contributed by atoms with Gasteiger partial charge in [-0.2, -0.15) is 0 Å². The summed E-state index contributed by atoms with van der Waals surface area (Å²) >= 11 is 5.21. The molecular formula is C21H25N3O3S. The minimum atomic E-state index is -0.475. The smallest absolute Gasteiger partial charge is 0.271 e. The lowest BCUT2D eigenvalue weighted by Gasteiger charge is -2.16. The molecule has 0 heterocycles. The molecule has 0 aromatic heterocycles. The van der Waals surface area contributed by atoms with Crippen LogP contribution in [0, 0.1) is 23.0 Å². The molecule has 2 N–H and O–H groups in total. The number of hydrogen-bond donors (Lipinski definition) is 2. The van der Waals surface area contributed by atoms with Crippen LogP contribution in [0.1, 0.15) is 43.4 Å². The number of carbonyl (C=O) groups excluding carboxylic acids is 1. The maximum Gasteiger partial charge on any atom is 0.271 e. The largest absolute Gasteiger partial charge is 0.332 e. The van der Waals surface area contributed by atoms with Gasteiger partial charge in [0, 0.05) is 17.8 Å². The topological polar surface area (TPSA) is 84.3 Å². The van der Waals surface area contributed by atoms with Crippen molar-refractivity contribution in [2.24, 2.45) is 5.92 Å². The van der Waals surface area contributed by atoms with Gasteiger partial charge < -0.3 is 10.6 Å². The third-order valence-corrected chi connectivity index (χ3v) is 4.64. The Morgan fingerprint density at radius 3 is 2.36 bits per heavy atom. The molecule has 1 amide bonds. The quantitative estimate of drug-likeness (QED) is 0.417. The highest BCUT2D eigenvalue weighted by Crippen LogP contribution is 2.22. The van der Waals surface area contributed by atoms with Gasteiger partial charge in [-0.05, 0) is 55.1 Å². The molecule has 28 heavy (non-hydrogen) atoms. The lowest BCUT2D eigenvalue weighted by molar-refractivity contribution is -0.384. The van der Waals surface area contributed by atoms with Crippen molar-refractivity contribution in [1.82, 2.24) is 5.32 Å². The number of nitrogens with one attached hydrogen (secondary N) is 2. The summed E-state index contributed by atoms with van der Waals surface area (Å²) in [6.45, 7) is 7.95. The van der Waals surface area contributed by atoms with Crippen LogP contribution in [-0.4, -0.2) is 15.9 Å². The zero-order valence-electron chi connectivity index (χ0n) is 16.5. The standard InChI is InChI=1S/C21H25N3O3S/c1-13(2)11-16-6-8-17(9-7-16)15(4)20(25)23-21(28)22-19-12-18(24(26)27)10-5-14(19)3/h5-10,12-13,15H,11H2,1-4H3,(H2,22,23,25,28). The molecule has 0 saturated heterocycles. The van der Waals surface area contributed by atoms with Crippen molar-refractivity contribution < 1.29 is 9.72 Å². The van der Waals surface area contributed by atoms with Crippen molar-refractivity contribution in [3.8, 4) is 0 Å². The van der Waals surface area contributed by atoms with Crippen LogP contribution < -0.4 is 10.6 Å². The van der Waals surface area contributed by atoms with Gasteiger partial charge in [0.2, 0.25) is 5.91 Å². The first kappa shape index (κ1) is 21.5. The molecule has 0 fully saturated rings. The number of nitro benzene ring substituents is 1. The van der Waals surface area contributed by atoms with Crippen molar-refractivity contribution in [2.75, 3.05) is 5.32 Å². The average Bonchev–Trinajstić information content (AvgIpc) is 2.62. The highest BCUT2D eigenvalue weighted by molar-refractivity contribution is 7.80. The lowest BCUT2D eigenvalue weighted by Crippen LogP contribution is -2.36. The molecule has 0 saturated carbocycles. The van der Waals surface area contributed by atoms with Crippen LogP contribution in [-0.2, 0) is 11.2 Å². The fourth-order valence-electron chi connectivity index (χ4n) is 2.80. The van der Waals surface area contributed by atoms with E-state index in [4.69, 9.17) is 12.2 Å². The number of hydrogen-bond acceptors (Lipinski definition) is 4. The zero-order chi connectivity index (χ0) is 20.8. The first-order valence-corrected chi connectivity index (χ1v) is 9.54. The fourth-order valence-corrected chi connectivity index (χ4v) is 3.01. The molecule has 1 unspecified atom stereocenters. The summed E-state index contributed by atoms with van der Waals surface area (Å²) in [6.07, 6.45) is 0.997. The Morgan fingerprint density at radius 2 is 1.79 bits per heavy atom. The van der Waals surface area contributed by atoms with Gasteiger partial charge in [-0.3, -0.25) is 14.9 Å². The van der Waals surface area contributed by atoms with Crippen LogP contribution in [0.4, 0.5) is 11.4 Å². The molecule has 7 heteroatoms. The van der Waals surface area contributed by atoms with E-state index in [1.807, 2.05) is 31.2 Å². The molecule has 0 aliphatic heterocycles. The van der Waals surface area contributed by atoms with E-state index < -0.39 is 4.92 Å². The highest BCUT2D eigenvalue weighted by Gasteiger charge is 2.17. The molecular weight excluding hydrogens is 374 g/mol. The Labute approximate surface area is 170 Å². The molecule has 2 aromatic rings. The van der Waals surface area contributed by atoms with Crippen LogP contribution in [0.3, 0.4) is 0 Å². The number of carbonyl (C=O) groups is 1. The number of benzene rings is 2. The van der Waals surface area contributed by atoms with E-state index in [1.54, 1.807) is 13.0 Å². The van der Waals surface area contributed by atoms with Crippen LogP contribution in [0.15, 0.2) is 42.5 Å². The Kier molecular flexibility index (Phi) is 7.23. The summed E-state index contributed by atoms with van der Waals surface area (Å²) in [4.78, 5) is 23.0. The highest BCUT2D eigenvalue weighted by atomic mass is 32.1. The van der Waals surface area contributed by atoms with Gasteiger partial charge in [0.25, 0.3) is 5.69 Å². The molecule has 6 nitrogen and oxygen atoms in total. The van der Waals surface area contributed by atoms with Crippen LogP contribution >= 0.6 is 12.2 Å². The first-order valence-electron chi connectivity index (χ1n) is 9.13. The number of amides is 1. The molecule has 2 aromatic carbocycles. The van der Waals surface area contributed by atoms with Gasteiger partial charge in [0.1, 0.15) is 0 Å². The van der Waals surface area contributed by atoms with E-state index in [-0.39, 0.29) is 22.6 Å². The second kappa shape index (κ2) is 9.41. The third-order valence-electron chi connectivity index (χ3n) is 4.43. The first-order chi connectivity index (χ1) is 13.2. The van der Waals surface area contributed by atoms with Crippen molar-refractivity contribution in [1.29, 1.82) is 0 Å². The second-order valence-electron chi connectivity index (χ2n) is 7.26. The van der Waals surface area contributed by atoms with Crippen LogP contribution in [0.25, 0.3) is 0 Å². The summed E-state index contributed by atoms with van der Waals surface area (Å²) in [5.74, 6) is -0.0384. The predicted octanol–water partition coefficient (Wildman–Crippen LogP) is 4.72. The Bertz CT molecular complexity index is 879.